The maximum Gasteiger partial charge on any atom is 0.311 e. The second-order valence-corrected chi connectivity index (χ2v) is 4.07. The summed E-state index contributed by atoms with van der Waals surface area (Å²) in [7, 11) is 1.77. The second kappa shape index (κ2) is 3.62. The van der Waals surface area contributed by atoms with Crippen LogP contribution in [0.1, 0.15) is 12.1 Å². The number of nitrogens with zero attached hydrogens (tertiary/aromatic N) is 3. The molecule has 1 aliphatic rings. The molecule has 6 heteroatoms. The Labute approximate surface area is 87.3 Å². The zero-order valence-electron chi connectivity index (χ0n) is 8.60. The van der Waals surface area contributed by atoms with Crippen molar-refractivity contribution < 1.29 is 9.90 Å². The number of aromatic nitrogens is 3. The van der Waals surface area contributed by atoms with Crippen LogP contribution in [-0.4, -0.2) is 39.2 Å². The monoisotopic (exact) mass is 210 g/mol. The number of hydrogen-bond donors (Lipinski definition) is 2. The minimum atomic E-state index is -0.752. The average Bonchev–Trinajstić information content (AvgIpc) is 2.77. The zero-order chi connectivity index (χ0) is 10.9. The van der Waals surface area contributed by atoms with Gasteiger partial charge in [-0.3, -0.25) is 9.48 Å². The molecule has 0 bridgehead atoms. The van der Waals surface area contributed by atoms with E-state index < -0.39 is 11.4 Å². The van der Waals surface area contributed by atoms with Crippen LogP contribution in [0.3, 0.4) is 0 Å². The Balaban J connectivity index is 2.17. The van der Waals surface area contributed by atoms with E-state index in [9.17, 15) is 9.90 Å². The number of aliphatic carboxylic acids is 1. The minimum absolute atomic E-state index is 0.448. The molecule has 0 radical (unpaired) electrons. The standard InChI is InChI=1S/C9H14N4O2/c1-13-5-7(11-12-13)4-9(8(14)15)2-3-10-6-9/h5,10H,2-4,6H2,1H3,(H,14,15). The van der Waals surface area contributed by atoms with Gasteiger partial charge in [-0.2, -0.15) is 0 Å². The summed E-state index contributed by atoms with van der Waals surface area (Å²) in [4.78, 5) is 11.2. The normalized spacial score (nSPS) is 25.7. The molecule has 1 aromatic rings. The van der Waals surface area contributed by atoms with Crippen LogP contribution in [0.4, 0.5) is 0 Å². The number of aryl methyl sites for hydroxylation is 1. The summed E-state index contributed by atoms with van der Waals surface area (Å²) in [6.45, 7) is 1.27. The highest BCUT2D eigenvalue weighted by Crippen LogP contribution is 2.29. The molecule has 0 amide bonds. The third-order valence-electron chi connectivity index (χ3n) is 2.87. The first-order chi connectivity index (χ1) is 7.12. The molecular weight excluding hydrogens is 196 g/mol. The molecule has 1 saturated heterocycles. The zero-order valence-corrected chi connectivity index (χ0v) is 8.60. The van der Waals surface area contributed by atoms with E-state index in [1.165, 1.54) is 0 Å². The van der Waals surface area contributed by atoms with E-state index in [-0.39, 0.29) is 0 Å². The highest BCUT2D eigenvalue weighted by molar-refractivity contribution is 5.75. The topological polar surface area (TPSA) is 80.0 Å². The largest absolute Gasteiger partial charge is 0.481 e. The number of hydrogen-bond acceptors (Lipinski definition) is 4. The van der Waals surface area contributed by atoms with Gasteiger partial charge in [-0.25, -0.2) is 0 Å². The molecule has 82 valence electrons. The SMILES string of the molecule is Cn1cc(CC2(C(=O)O)CCNC2)nn1. The van der Waals surface area contributed by atoms with Gasteiger partial charge in [0.1, 0.15) is 0 Å². The van der Waals surface area contributed by atoms with Gasteiger partial charge >= 0.3 is 5.97 Å². The summed E-state index contributed by atoms with van der Waals surface area (Å²) in [5.41, 5.74) is 0.0411. The van der Waals surface area contributed by atoms with Crippen molar-refractivity contribution in [3.05, 3.63) is 11.9 Å². The molecule has 2 heterocycles. The highest BCUT2D eigenvalue weighted by Gasteiger charge is 2.42. The lowest BCUT2D eigenvalue weighted by molar-refractivity contribution is -0.147. The maximum absolute atomic E-state index is 11.2. The molecule has 1 aliphatic heterocycles. The first kappa shape index (κ1) is 10.1. The lowest BCUT2D eigenvalue weighted by Crippen LogP contribution is -2.35. The Bertz CT molecular complexity index is 368. The quantitative estimate of drug-likeness (QED) is 0.698. The van der Waals surface area contributed by atoms with E-state index in [4.69, 9.17) is 0 Å². The molecule has 1 unspecified atom stereocenters. The molecule has 1 fully saturated rings. The molecule has 0 aromatic carbocycles. The summed E-state index contributed by atoms with van der Waals surface area (Å²) in [5, 5.41) is 20.1. The lowest BCUT2D eigenvalue weighted by Gasteiger charge is -2.21. The van der Waals surface area contributed by atoms with Crippen molar-refractivity contribution in [3.8, 4) is 0 Å². The van der Waals surface area contributed by atoms with Crippen LogP contribution in [0.2, 0.25) is 0 Å². The number of rotatable bonds is 3. The summed E-state index contributed by atoms with van der Waals surface area (Å²) in [6, 6.07) is 0. The Morgan fingerprint density at radius 2 is 2.60 bits per heavy atom. The summed E-state index contributed by atoms with van der Waals surface area (Å²) in [5.74, 6) is -0.752. The smallest absolute Gasteiger partial charge is 0.311 e. The number of carboxylic acids is 1. The van der Waals surface area contributed by atoms with Gasteiger partial charge in [0.25, 0.3) is 0 Å². The molecule has 2 rings (SSSR count). The Morgan fingerprint density at radius 3 is 3.07 bits per heavy atom. The second-order valence-electron chi connectivity index (χ2n) is 4.07. The fourth-order valence-electron chi connectivity index (χ4n) is 1.98. The molecule has 2 N–H and O–H groups in total. The van der Waals surface area contributed by atoms with Crippen LogP contribution in [0.15, 0.2) is 6.20 Å². The molecule has 15 heavy (non-hydrogen) atoms. The van der Waals surface area contributed by atoms with E-state index in [1.807, 2.05) is 0 Å². The molecule has 0 saturated carbocycles. The van der Waals surface area contributed by atoms with Crippen LogP contribution in [0.25, 0.3) is 0 Å². The third kappa shape index (κ3) is 1.85. The first-order valence-electron chi connectivity index (χ1n) is 4.92. The van der Waals surface area contributed by atoms with E-state index in [2.05, 4.69) is 15.6 Å². The summed E-state index contributed by atoms with van der Waals surface area (Å²) >= 11 is 0. The highest BCUT2D eigenvalue weighted by atomic mass is 16.4. The van der Waals surface area contributed by atoms with Gasteiger partial charge in [-0.05, 0) is 13.0 Å². The molecular formula is C9H14N4O2. The number of carboxylic acid groups (broad SMARTS) is 1. The van der Waals surface area contributed by atoms with Gasteiger partial charge in [0.15, 0.2) is 0 Å². The van der Waals surface area contributed by atoms with E-state index >= 15 is 0 Å². The van der Waals surface area contributed by atoms with Gasteiger partial charge in [-0.15, -0.1) is 5.10 Å². The van der Waals surface area contributed by atoms with Gasteiger partial charge in [0.2, 0.25) is 0 Å². The Kier molecular flexibility index (Phi) is 2.44. The van der Waals surface area contributed by atoms with Crippen LogP contribution in [0.5, 0.6) is 0 Å². The number of nitrogens with one attached hydrogen (secondary N) is 1. The van der Waals surface area contributed by atoms with Crippen molar-refractivity contribution in [1.29, 1.82) is 0 Å². The van der Waals surface area contributed by atoms with E-state index in [0.29, 0.717) is 19.4 Å². The van der Waals surface area contributed by atoms with E-state index in [1.54, 1.807) is 17.9 Å². The van der Waals surface area contributed by atoms with Crippen molar-refractivity contribution in [1.82, 2.24) is 20.3 Å². The molecule has 6 nitrogen and oxygen atoms in total. The van der Waals surface area contributed by atoms with Crippen molar-refractivity contribution in [2.75, 3.05) is 13.1 Å². The van der Waals surface area contributed by atoms with Crippen LogP contribution in [-0.2, 0) is 18.3 Å². The fourth-order valence-corrected chi connectivity index (χ4v) is 1.98. The van der Waals surface area contributed by atoms with Crippen molar-refractivity contribution in [3.63, 3.8) is 0 Å². The van der Waals surface area contributed by atoms with Crippen molar-refractivity contribution >= 4 is 5.97 Å². The molecule has 1 atom stereocenters. The van der Waals surface area contributed by atoms with Crippen LogP contribution in [0, 0.1) is 5.41 Å². The predicted octanol–water partition coefficient (Wildman–Crippen LogP) is -0.578. The first-order valence-corrected chi connectivity index (χ1v) is 4.92. The van der Waals surface area contributed by atoms with Crippen molar-refractivity contribution in [2.24, 2.45) is 12.5 Å². The minimum Gasteiger partial charge on any atom is -0.481 e. The number of carbonyl (C=O) groups is 1. The molecule has 0 spiro atoms. The summed E-state index contributed by atoms with van der Waals surface area (Å²) in [6.07, 6.45) is 2.87. The summed E-state index contributed by atoms with van der Waals surface area (Å²) < 4.78 is 1.59. The van der Waals surface area contributed by atoms with Crippen molar-refractivity contribution in [2.45, 2.75) is 12.8 Å². The maximum atomic E-state index is 11.2. The molecule has 1 aromatic heterocycles. The fraction of sp³-hybridized carbons (Fsp3) is 0.667. The Hall–Kier alpha value is -1.43. The van der Waals surface area contributed by atoms with Gasteiger partial charge < -0.3 is 10.4 Å². The van der Waals surface area contributed by atoms with E-state index in [0.717, 1.165) is 12.2 Å². The Morgan fingerprint density at radius 1 is 1.80 bits per heavy atom. The molecule has 0 aliphatic carbocycles. The third-order valence-corrected chi connectivity index (χ3v) is 2.87. The van der Waals surface area contributed by atoms with Gasteiger partial charge in [0.05, 0.1) is 11.1 Å². The predicted molar refractivity (Wildman–Crippen MR) is 52.3 cm³/mol. The average molecular weight is 210 g/mol. The lowest BCUT2D eigenvalue weighted by atomic mass is 9.82. The van der Waals surface area contributed by atoms with Gasteiger partial charge in [-0.1, -0.05) is 5.21 Å². The van der Waals surface area contributed by atoms with Crippen LogP contribution < -0.4 is 5.32 Å². The van der Waals surface area contributed by atoms with Crippen LogP contribution >= 0.6 is 0 Å². The van der Waals surface area contributed by atoms with Gasteiger partial charge in [0, 0.05) is 26.2 Å².